The van der Waals surface area contributed by atoms with Crippen LogP contribution in [0.15, 0.2) is 0 Å². The Hall–Kier alpha value is 0.430. The Labute approximate surface area is 141 Å². The zero-order valence-corrected chi connectivity index (χ0v) is 12.2. The Morgan fingerprint density at radius 1 is 0.947 bits per heavy atom. The summed E-state index contributed by atoms with van der Waals surface area (Å²) >= 11 is 0. The van der Waals surface area contributed by atoms with Crippen LogP contribution in [0.25, 0.3) is 0 Å². The predicted octanol–water partition coefficient (Wildman–Crippen LogP) is 3.32. The van der Waals surface area contributed by atoms with Crippen molar-refractivity contribution in [3.8, 4) is 0 Å². The van der Waals surface area contributed by atoms with Gasteiger partial charge in [0.25, 0.3) is 0 Å². The Balaban J connectivity index is 0. The minimum absolute atomic E-state index is 0. The van der Waals surface area contributed by atoms with Crippen molar-refractivity contribution in [2.75, 3.05) is 6.54 Å². The van der Waals surface area contributed by atoms with Crippen LogP contribution in [-0.4, -0.2) is 53.2 Å². The van der Waals surface area contributed by atoms with Gasteiger partial charge in [-0.25, -0.2) is 0 Å². The van der Waals surface area contributed by atoms with Gasteiger partial charge in [0.05, 0.1) is 0 Å². The fourth-order valence-electron chi connectivity index (χ4n) is 2.02. The molecule has 0 spiro atoms. The van der Waals surface area contributed by atoms with E-state index >= 15 is 0 Å². The molecule has 0 heterocycles. The molecule has 0 saturated carbocycles. The molecule has 0 aliphatic heterocycles. The second-order valence-corrected chi connectivity index (χ2v) is 5.20. The summed E-state index contributed by atoms with van der Waals surface area (Å²) in [5.74, 6) is -0.762. The van der Waals surface area contributed by atoms with E-state index in [1.54, 1.807) is 6.92 Å². The summed E-state index contributed by atoms with van der Waals surface area (Å²) in [6, 6.07) is -0.413. The van der Waals surface area contributed by atoms with Crippen LogP contribution in [0, 0.1) is 0 Å². The number of carbonyl (C=O) groups is 1. The van der Waals surface area contributed by atoms with Gasteiger partial charge in [-0.1, -0.05) is 64.7 Å². The molecule has 1 atom stereocenters. The summed E-state index contributed by atoms with van der Waals surface area (Å²) < 4.78 is 0. The number of nitrogens with one attached hydrogen (secondary N) is 1. The third kappa shape index (κ3) is 16.4. The van der Waals surface area contributed by atoms with Gasteiger partial charge < -0.3 is 10.4 Å². The second kappa shape index (κ2) is 16.5. The third-order valence-electron chi connectivity index (χ3n) is 3.35. The van der Waals surface area contributed by atoms with Crippen LogP contribution in [0.5, 0.6) is 0 Å². The van der Waals surface area contributed by atoms with Gasteiger partial charge in [0.15, 0.2) is 0 Å². The van der Waals surface area contributed by atoms with Crippen molar-refractivity contribution in [1.29, 1.82) is 0 Å². The molecule has 2 N–H and O–H groups in total. The molecule has 0 radical (unpaired) electrons. The summed E-state index contributed by atoms with van der Waals surface area (Å²) in [4.78, 5) is 10.5. The predicted molar refractivity (Wildman–Crippen MR) is 84.1 cm³/mol. The molecule has 19 heavy (non-hydrogen) atoms. The van der Waals surface area contributed by atoms with Crippen LogP contribution < -0.4 is 5.32 Å². The zero-order chi connectivity index (χ0) is 13.6. The van der Waals surface area contributed by atoms with Crippen LogP contribution in [-0.2, 0) is 4.79 Å². The number of carboxylic acids is 1. The minimum atomic E-state index is -0.762. The molecule has 0 aromatic heterocycles. The first-order valence-corrected chi connectivity index (χ1v) is 7.64. The molecule has 0 amide bonds. The van der Waals surface area contributed by atoms with E-state index in [2.05, 4.69) is 12.2 Å². The van der Waals surface area contributed by atoms with Gasteiger partial charge in [-0.3, -0.25) is 4.79 Å². The number of rotatable bonds is 13. The van der Waals surface area contributed by atoms with Gasteiger partial charge >= 0.3 is 35.5 Å². The van der Waals surface area contributed by atoms with Crippen molar-refractivity contribution >= 4 is 35.5 Å². The van der Waals surface area contributed by atoms with Crippen molar-refractivity contribution in [2.45, 2.75) is 84.1 Å². The van der Waals surface area contributed by atoms with Gasteiger partial charge in [0, 0.05) is 0 Å². The second-order valence-electron chi connectivity index (χ2n) is 5.20. The molecular weight excluding hydrogens is 249 g/mol. The summed E-state index contributed by atoms with van der Waals surface area (Å²) in [6.07, 6.45) is 13.2. The molecule has 0 saturated heterocycles. The fraction of sp³-hybridized carbons (Fsp3) is 0.933. The quantitative estimate of drug-likeness (QED) is 0.402. The van der Waals surface area contributed by atoms with Gasteiger partial charge in [-0.2, -0.15) is 0 Å². The van der Waals surface area contributed by atoms with E-state index in [9.17, 15) is 4.79 Å². The summed E-state index contributed by atoms with van der Waals surface area (Å²) in [7, 11) is 0. The summed E-state index contributed by atoms with van der Waals surface area (Å²) in [6.45, 7) is 4.77. The Kier molecular flexibility index (Phi) is 18.8. The first-order valence-electron chi connectivity index (χ1n) is 7.64. The van der Waals surface area contributed by atoms with E-state index in [0.29, 0.717) is 0 Å². The molecular formula is C15H32NNaO2. The topological polar surface area (TPSA) is 49.3 Å². The first-order chi connectivity index (χ1) is 8.68. The van der Waals surface area contributed by atoms with E-state index in [1.807, 2.05) is 0 Å². The van der Waals surface area contributed by atoms with E-state index < -0.39 is 12.0 Å². The summed E-state index contributed by atoms with van der Waals surface area (Å²) in [5.41, 5.74) is 0. The molecule has 0 aliphatic carbocycles. The molecule has 0 aromatic carbocycles. The van der Waals surface area contributed by atoms with Crippen molar-refractivity contribution in [2.24, 2.45) is 0 Å². The maximum absolute atomic E-state index is 10.5. The molecule has 110 valence electrons. The van der Waals surface area contributed by atoms with Gasteiger partial charge in [0.2, 0.25) is 0 Å². The monoisotopic (exact) mass is 281 g/mol. The Morgan fingerprint density at radius 2 is 1.37 bits per heavy atom. The normalized spacial score (nSPS) is 11.9. The number of aliphatic carboxylic acids is 1. The molecule has 0 fully saturated rings. The zero-order valence-electron chi connectivity index (χ0n) is 12.2. The molecule has 0 aromatic rings. The average Bonchev–Trinajstić information content (AvgIpc) is 2.35. The maximum atomic E-state index is 10.5. The molecule has 0 rings (SSSR count). The third-order valence-corrected chi connectivity index (χ3v) is 3.35. The summed E-state index contributed by atoms with van der Waals surface area (Å²) in [5, 5.41) is 11.7. The Bertz CT molecular complexity index is 201. The fourth-order valence-corrected chi connectivity index (χ4v) is 2.02. The van der Waals surface area contributed by atoms with Crippen molar-refractivity contribution < 1.29 is 9.90 Å². The van der Waals surface area contributed by atoms with E-state index in [0.717, 1.165) is 13.0 Å². The molecule has 0 bridgehead atoms. The van der Waals surface area contributed by atoms with Crippen LogP contribution in [0.1, 0.15) is 78.1 Å². The first kappa shape index (κ1) is 21.7. The van der Waals surface area contributed by atoms with Gasteiger partial charge in [0.1, 0.15) is 6.04 Å². The van der Waals surface area contributed by atoms with Gasteiger partial charge in [-0.15, -0.1) is 0 Å². The standard InChI is InChI=1S/C15H31NO2.Na.H/c1-3-4-5-6-7-8-9-10-11-12-13-16-14(2)15(17)18;;/h14,16H,3-13H2,1-2H3,(H,17,18);;/t14-;;/m0../s1. The number of carboxylic acid groups (broad SMARTS) is 1. The van der Waals surface area contributed by atoms with Crippen molar-refractivity contribution in [3.05, 3.63) is 0 Å². The van der Waals surface area contributed by atoms with E-state index in [-0.39, 0.29) is 29.6 Å². The van der Waals surface area contributed by atoms with Crippen LogP contribution in [0.4, 0.5) is 0 Å². The SMILES string of the molecule is CCCCCCCCCCCCN[C@@H](C)C(=O)O.[NaH]. The van der Waals surface area contributed by atoms with E-state index in [4.69, 9.17) is 5.11 Å². The number of hydrogen-bond donors (Lipinski definition) is 2. The van der Waals surface area contributed by atoms with Gasteiger partial charge in [-0.05, 0) is 19.9 Å². The molecule has 3 nitrogen and oxygen atoms in total. The van der Waals surface area contributed by atoms with Crippen LogP contribution in [0.3, 0.4) is 0 Å². The average molecular weight is 281 g/mol. The van der Waals surface area contributed by atoms with Crippen molar-refractivity contribution in [1.82, 2.24) is 5.32 Å². The van der Waals surface area contributed by atoms with Crippen LogP contribution >= 0.6 is 0 Å². The Morgan fingerprint density at radius 3 is 1.79 bits per heavy atom. The van der Waals surface area contributed by atoms with Crippen LogP contribution in [0.2, 0.25) is 0 Å². The number of hydrogen-bond acceptors (Lipinski definition) is 2. The molecule has 4 heteroatoms. The van der Waals surface area contributed by atoms with E-state index in [1.165, 1.54) is 57.8 Å². The molecule has 0 aliphatic rings. The number of unbranched alkanes of at least 4 members (excludes halogenated alkanes) is 9. The van der Waals surface area contributed by atoms with Crippen molar-refractivity contribution in [3.63, 3.8) is 0 Å². The molecule has 0 unspecified atom stereocenters.